The van der Waals surface area contributed by atoms with Gasteiger partial charge in [-0.15, -0.1) is 23.8 Å². The van der Waals surface area contributed by atoms with Crippen LogP contribution < -0.4 is 24.8 Å². The molecule has 46 heavy (non-hydrogen) atoms. The molecule has 0 bridgehead atoms. The monoisotopic (exact) mass is 744 g/mol. The van der Waals surface area contributed by atoms with E-state index in [0.717, 1.165) is 60.5 Å². The predicted octanol–water partition coefficient (Wildman–Crippen LogP) is 4.60. The van der Waals surface area contributed by atoms with Crippen LogP contribution in [0.3, 0.4) is 0 Å². The van der Waals surface area contributed by atoms with Crippen LogP contribution in [0.2, 0.25) is 0 Å². The largest absolute Gasteiger partial charge is 1.00 e. The van der Waals surface area contributed by atoms with Gasteiger partial charge in [0.05, 0.1) is 0 Å². The minimum absolute atomic E-state index is 0. The van der Waals surface area contributed by atoms with Gasteiger partial charge in [0.2, 0.25) is 0 Å². The van der Waals surface area contributed by atoms with Crippen molar-refractivity contribution in [3.05, 3.63) is 173 Å². The first-order valence-electron chi connectivity index (χ1n) is 13.4. The Morgan fingerprint density at radius 1 is 0.696 bits per heavy atom. The van der Waals surface area contributed by atoms with E-state index in [4.69, 9.17) is 0 Å². The van der Waals surface area contributed by atoms with Gasteiger partial charge in [0.15, 0.2) is 0 Å². The molecule has 5 aromatic rings. The summed E-state index contributed by atoms with van der Waals surface area (Å²) in [6.45, 7) is 7.63. The Balaban J connectivity index is 0.000000272. The van der Waals surface area contributed by atoms with Gasteiger partial charge < -0.3 is 24.8 Å². The van der Waals surface area contributed by atoms with Gasteiger partial charge in [-0.3, -0.25) is 0 Å². The smallest absolute Gasteiger partial charge is 0.172 e. The van der Waals surface area contributed by atoms with Crippen molar-refractivity contribution in [3.63, 3.8) is 0 Å². The van der Waals surface area contributed by atoms with Gasteiger partial charge in [0.1, 0.15) is 0 Å². The van der Waals surface area contributed by atoms with Crippen molar-refractivity contribution in [2.24, 2.45) is 0 Å². The molecule has 0 atom stereocenters. The molecule has 0 saturated heterocycles. The zero-order valence-corrected chi connectivity index (χ0v) is 28.2. The molecule has 0 nitrogen and oxygen atoms in total. The van der Waals surface area contributed by atoms with E-state index in [1.165, 1.54) is 52.1 Å². The van der Waals surface area contributed by atoms with Crippen molar-refractivity contribution in [1.29, 1.82) is 0 Å². The maximum atomic E-state index is 12.7. The molecule has 6 rings (SSSR count). The number of fused-ring (bicyclic) bond motifs is 3. The minimum Gasteiger partial charge on any atom is -1.00 e. The van der Waals surface area contributed by atoms with Gasteiger partial charge in [-0.05, 0) is 12.0 Å². The molecule has 0 N–H and O–H groups in total. The van der Waals surface area contributed by atoms with Crippen LogP contribution in [0.25, 0.3) is 23.3 Å². The Kier molecular flexibility index (Phi) is 14.3. The average molecular weight is 747 g/mol. The third-order valence-electron chi connectivity index (χ3n) is 6.82. The summed E-state index contributed by atoms with van der Waals surface area (Å²) >= 11 is 0.729. The van der Waals surface area contributed by atoms with Crippen molar-refractivity contribution in [2.75, 3.05) is 0 Å². The van der Waals surface area contributed by atoms with E-state index in [0.29, 0.717) is 3.21 Å². The molecule has 0 aromatic heterocycles. The maximum Gasteiger partial charge on any atom is -0.172 e. The van der Waals surface area contributed by atoms with Gasteiger partial charge in [0.25, 0.3) is 0 Å². The molecule has 1 aliphatic carbocycles. The van der Waals surface area contributed by atoms with E-state index in [1.54, 1.807) is 0 Å². The number of halogens is 8. The topological polar surface area (TPSA) is 0 Å². The molecule has 0 aliphatic heterocycles. The summed E-state index contributed by atoms with van der Waals surface area (Å²) in [5, 5.41) is 0. The first-order valence-corrected chi connectivity index (χ1v) is 14.7. The van der Waals surface area contributed by atoms with Gasteiger partial charge in [-0.2, -0.15) is 42.0 Å². The van der Waals surface area contributed by atoms with Gasteiger partial charge in [-0.25, -0.2) is 12.1 Å². The Morgan fingerprint density at radius 2 is 1.22 bits per heavy atom. The van der Waals surface area contributed by atoms with Gasteiger partial charge in [-0.1, -0.05) is 42.0 Å². The van der Waals surface area contributed by atoms with Crippen LogP contribution >= 0.6 is 0 Å². The molecule has 0 radical (unpaired) electrons. The summed E-state index contributed by atoms with van der Waals surface area (Å²) in [6, 6.07) is 33.2. The van der Waals surface area contributed by atoms with E-state index in [9.17, 15) is 26.3 Å². The first-order chi connectivity index (χ1) is 20.9. The molecule has 9 heteroatoms. The zero-order valence-electron chi connectivity index (χ0n) is 24.2. The fourth-order valence-electron chi connectivity index (χ4n) is 4.55. The van der Waals surface area contributed by atoms with Crippen molar-refractivity contribution in [1.82, 2.24) is 0 Å². The SMILES string of the molecule is C=Cc1c[c-]c2c(c1)-c1cc(C=C)ccc1C2.FC(F)(F)c1cccc([C](=[Zr+2])c2cccc(C(F)(F)F)c2)c1.[Cl-].[Cl-].c1cc[cH-]c1. The van der Waals surface area contributed by atoms with Crippen LogP contribution in [0.15, 0.2) is 122 Å². The van der Waals surface area contributed by atoms with Crippen LogP contribution in [0, 0.1) is 6.07 Å². The summed E-state index contributed by atoms with van der Waals surface area (Å²) < 4.78 is 76.7. The summed E-state index contributed by atoms with van der Waals surface area (Å²) in [6.07, 6.45) is -4.23. The summed E-state index contributed by atoms with van der Waals surface area (Å²) in [7, 11) is 0. The van der Waals surface area contributed by atoms with E-state index in [1.807, 2.05) is 48.6 Å². The third kappa shape index (κ3) is 10.1. The number of rotatable bonds is 4. The third-order valence-corrected chi connectivity index (χ3v) is 8.24. The molecule has 0 spiro atoms. The molecule has 0 saturated carbocycles. The van der Waals surface area contributed by atoms with E-state index in [-0.39, 0.29) is 35.9 Å². The molecular formula is C37H26Cl2F6Zr-2. The van der Waals surface area contributed by atoms with Crippen molar-refractivity contribution in [3.8, 4) is 11.1 Å². The van der Waals surface area contributed by atoms with E-state index in [2.05, 4.69) is 43.5 Å². The first kappa shape index (κ1) is 38.8. The number of benzene rings is 4. The molecule has 0 heterocycles. The fraction of sp³-hybridized carbons (Fsp3) is 0.0811. The van der Waals surface area contributed by atoms with Crippen LogP contribution in [0.1, 0.15) is 44.5 Å². The number of alkyl halides is 6. The number of hydrogen-bond acceptors (Lipinski definition) is 0. The minimum atomic E-state index is -4.49. The zero-order chi connectivity index (χ0) is 31.9. The predicted molar refractivity (Wildman–Crippen MR) is 162 cm³/mol. The normalized spacial score (nSPS) is 11.1. The van der Waals surface area contributed by atoms with E-state index < -0.39 is 23.5 Å². The van der Waals surface area contributed by atoms with Crippen LogP contribution in [-0.4, -0.2) is 3.21 Å². The standard InChI is InChI=1S/C17H13.C15H8F6.C5H5.2ClH.Zr/c1-3-12-5-7-14-11-15-8-6-13(4-2)10-17(15)16(14)9-12;16-14(17,18)12-5-1-3-10(8-12)7-11-4-2-6-13(9-11)15(19,20)21;1-2-4-5-3-1;;;/h3-7,9-10H,1-2,11H2;1-6,8-9H;1-5H;2*1H;/q-1;;-1;;;+2/p-2. The molecule has 1 aliphatic rings. The van der Waals surface area contributed by atoms with Crippen molar-refractivity contribution < 1.29 is 75.4 Å². The van der Waals surface area contributed by atoms with E-state index >= 15 is 0 Å². The maximum absolute atomic E-state index is 12.7. The average Bonchev–Trinajstić information content (AvgIpc) is 3.72. The van der Waals surface area contributed by atoms with Gasteiger partial charge in [0, 0.05) is 0 Å². The molecule has 236 valence electrons. The fourth-order valence-corrected chi connectivity index (χ4v) is 5.32. The Labute approximate surface area is 292 Å². The van der Waals surface area contributed by atoms with Crippen molar-refractivity contribution >= 4 is 15.4 Å². The quantitative estimate of drug-likeness (QED) is 0.183. The summed E-state index contributed by atoms with van der Waals surface area (Å²) in [5.41, 5.74) is 6.46. The Hall–Kier alpha value is -3.38. The molecule has 0 unspecified atom stereocenters. The number of hydrogen-bond donors (Lipinski definition) is 0. The Morgan fingerprint density at radius 3 is 1.67 bits per heavy atom. The second kappa shape index (κ2) is 17.0. The van der Waals surface area contributed by atoms with Crippen molar-refractivity contribution in [2.45, 2.75) is 18.8 Å². The second-order valence-electron chi connectivity index (χ2n) is 9.82. The second-order valence-corrected chi connectivity index (χ2v) is 11.1. The van der Waals surface area contributed by atoms with Gasteiger partial charge >= 0.3 is 137 Å². The summed E-state index contributed by atoms with van der Waals surface area (Å²) in [5.74, 6) is 0. The van der Waals surface area contributed by atoms with Crippen LogP contribution in [0.5, 0.6) is 0 Å². The molecule has 0 amide bonds. The molecular weight excluding hydrogens is 721 g/mol. The van der Waals surface area contributed by atoms with Crippen LogP contribution in [-0.2, 0) is 43.0 Å². The molecule has 0 fully saturated rings. The Bertz CT molecular complexity index is 1640. The summed E-state index contributed by atoms with van der Waals surface area (Å²) in [4.78, 5) is 0. The van der Waals surface area contributed by atoms with Crippen LogP contribution in [0.4, 0.5) is 26.3 Å². The molecule has 5 aromatic carbocycles.